The van der Waals surface area contributed by atoms with E-state index in [9.17, 15) is 9.59 Å². The molecule has 5 rings (SSSR count). The van der Waals surface area contributed by atoms with Crippen molar-refractivity contribution < 1.29 is 14.3 Å². The van der Waals surface area contributed by atoms with E-state index < -0.39 is 11.7 Å². The van der Waals surface area contributed by atoms with Crippen molar-refractivity contribution in [3.05, 3.63) is 95.4 Å². The maximum absolute atomic E-state index is 13.3. The summed E-state index contributed by atoms with van der Waals surface area (Å²) < 4.78 is 7.72. The molecular weight excluding hydrogens is 464 g/mol. The predicted octanol–water partition coefficient (Wildman–Crippen LogP) is 5.43. The van der Waals surface area contributed by atoms with Crippen LogP contribution in [0.1, 0.15) is 33.9 Å². The van der Waals surface area contributed by atoms with Gasteiger partial charge in [0.05, 0.1) is 0 Å². The highest BCUT2D eigenvalue weighted by Crippen LogP contribution is 2.32. The third kappa shape index (κ3) is 5.56. The lowest BCUT2D eigenvalue weighted by atomic mass is 10.0. The van der Waals surface area contributed by atoms with Gasteiger partial charge >= 0.3 is 0 Å². The van der Waals surface area contributed by atoms with E-state index in [0.29, 0.717) is 30.4 Å². The number of aryl methyl sites for hydroxylation is 3. The number of nitrogens with zero attached hydrogens (tertiary/aromatic N) is 2. The summed E-state index contributed by atoms with van der Waals surface area (Å²) in [5, 5.41) is 6.05. The zero-order valence-corrected chi connectivity index (χ0v) is 21.1. The van der Waals surface area contributed by atoms with Gasteiger partial charge in [-0.1, -0.05) is 30.3 Å². The van der Waals surface area contributed by atoms with Crippen LogP contribution < -0.4 is 15.4 Å². The van der Waals surface area contributed by atoms with Crippen molar-refractivity contribution in [1.82, 2.24) is 9.55 Å². The van der Waals surface area contributed by atoms with Gasteiger partial charge in [0.25, 0.3) is 11.7 Å². The molecule has 1 aliphatic rings. The lowest BCUT2D eigenvalue weighted by Crippen LogP contribution is -2.25. The molecule has 0 radical (unpaired) electrons. The number of carbonyl (C=O) groups is 2. The van der Waals surface area contributed by atoms with Gasteiger partial charge in [0.1, 0.15) is 12.3 Å². The number of ether oxygens (including phenoxy) is 1. The van der Waals surface area contributed by atoms with Gasteiger partial charge in [-0.25, -0.2) is 4.98 Å². The van der Waals surface area contributed by atoms with Crippen molar-refractivity contribution in [2.75, 3.05) is 23.8 Å². The second-order valence-electron chi connectivity index (χ2n) is 9.28. The topological polar surface area (TPSA) is 85.2 Å². The average Bonchev–Trinajstić information content (AvgIpc) is 3.49. The Hall–Kier alpha value is -4.39. The van der Waals surface area contributed by atoms with E-state index in [0.717, 1.165) is 53.2 Å². The van der Waals surface area contributed by atoms with Gasteiger partial charge in [-0.3, -0.25) is 9.59 Å². The van der Waals surface area contributed by atoms with Gasteiger partial charge in [0.2, 0.25) is 5.88 Å². The minimum atomic E-state index is -0.639. The first kappa shape index (κ1) is 24.3. The molecule has 1 aliphatic heterocycles. The van der Waals surface area contributed by atoms with Crippen molar-refractivity contribution in [3.8, 4) is 17.0 Å². The Kier molecular flexibility index (Phi) is 7.03. The molecule has 0 spiro atoms. The first-order chi connectivity index (χ1) is 18.0. The standard InChI is InChI=1S/C30H30N4O3/c1-20-17-21(2)32-27(18-20)37-16-14-31-23-10-12-24(13-11-23)33-30(36)29(35)28-26(22-7-4-3-5-8-22)19-25-9-6-15-34(25)28/h3-5,7-8,10-13,17-19,31H,6,9,14-16H2,1-2H3,(H,33,36). The summed E-state index contributed by atoms with van der Waals surface area (Å²) in [5.74, 6) is -0.544. The van der Waals surface area contributed by atoms with Crippen LogP contribution in [0.5, 0.6) is 5.88 Å². The van der Waals surface area contributed by atoms with Gasteiger partial charge in [-0.05, 0) is 74.2 Å². The lowest BCUT2D eigenvalue weighted by molar-refractivity contribution is -0.112. The van der Waals surface area contributed by atoms with E-state index in [4.69, 9.17) is 4.74 Å². The minimum Gasteiger partial charge on any atom is -0.476 e. The monoisotopic (exact) mass is 494 g/mol. The number of hydrogen-bond donors (Lipinski definition) is 2. The zero-order chi connectivity index (χ0) is 25.8. The number of Topliss-reactive ketones (excluding diaryl/α,β-unsaturated/α-hetero) is 1. The van der Waals surface area contributed by atoms with Gasteiger partial charge < -0.3 is 19.9 Å². The van der Waals surface area contributed by atoms with Crippen molar-refractivity contribution >= 4 is 23.1 Å². The third-order valence-corrected chi connectivity index (χ3v) is 6.40. The maximum Gasteiger partial charge on any atom is 0.298 e. The number of nitrogens with one attached hydrogen (secondary N) is 2. The van der Waals surface area contributed by atoms with E-state index in [1.807, 2.05) is 79.1 Å². The molecular formula is C30H30N4O3. The maximum atomic E-state index is 13.3. The van der Waals surface area contributed by atoms with Crippen LogP contribution >= 0.6 is 0 Å². The Morgan fingerprint density at radius 1 is 0.973 bits per heavy atom. The van der Waals surface area contributed by atoms with Crippen molar-refractivity contribution in [2.45, 2.75) is 33.2 Å². The molecule has 37 heavy (non-hydrogen) atoms. The molecule has 1 amide bonds. The second-order valence-corrected chi connectivity index (χ2v) is 9.28. The van der Waals surface area contributed by atoms with Crippen molar-refractivity contribution in [1.29, 1.82) is 0 Å². The normalized spacial score (nSPS) is 12.2. The summed E-state index contributed by atoms with van der Waals surface area (Å²) in [4.78, 5) is 30.6. The van der Waals surface area contributed by atoms with Crippen LogP contribution in [0.4, 0.5) is 11.4 Å². The van der Waals surface area contributed by atoms with Crippen LogP contribution in [-0.4, -0.2) is 34.4 Å². The van der Waals surface area contributed by atoms with Crippen molar-refractivity contribution in [3.63, 3.8) is 0 Å². The summed E-state index contributed by atoms with van der Waals surface area (Å²) in [6.45, 7) is 5.77. The second kappa shape index (κ2) is 10.7. The molecule has 7 nitrogen and oxygen atoms in total. The number of aromatic nitrogens is 2. The number of pyridine rings is 1. The molecule has 0 unspecified atom stereocenters. The van der Waals surface area contributed by atoms with Gasteiger partial charge in [0, 0.05) is 47.5 Å². The smallest absolute Gasteiger partial charge is 0.298 e. The highest BCUT2D eigenvalue weighted by molar-refractivity contribution is 6.47. The summed E-state index contributed by atoms with van der Waals surface area (Å²) in [6, 6.07) is 23.0. The van der Waals surface area contributed by atoms with Crippen LogP contribution in [0.2, 0.25) is 0 Å². The molecule has 0 bridgehead atoms. The number of ketones is 1. The predicted molar refractivity (Wildman–Crippen MR) is 145 cm³/mol. The molecule has 188 valence electrons. The number of hydrogen-bond acceptors (Lipinski definition) is 5. The first-order valence-electron chi connectivity index (χ1n) is 12.5. The highest BCUT2D eigenvalue weighted by atomic mass is 16.5. The summed E-state index contributed by atoms with van der Waals surface area (Å²) in [5.41, 5.74) is 6.81. The number of rotatable bonds is 9. The van der Waals surface area contributed by atoms with Crippen LogP contribution in [0.15, 0.2) is 72.8 Å². The Morgan fingerprint density at radius 2 is 1.73 bits per heavy atom. The fourth-order valence-corrected chi connectivity index (χ4v) is 4.76. The molecule has 0 fully saturated rings. The molecule has 4 aromatic rings. The molecule has 0 aliphatic carbocycles. The molecule has 0 saturated heterocycles. The highest BCUT2D eigenvalue weighted by Gasteiger charge is 2.28. The number of fused-ring (bicyclic) bond motifs is 1. The molecule has 0 atom stereocenters. The summed E-state index contributed by atoms with van der Waals surface area (Å²) in [6.07, 6.45) is 1.89. The average molecular weight is 495 g/mol. The van der Waals surface area contributed by atoms with E-state index >= 15 is 0 Å². The van der Waals surface area contributed by atoms with Crippen LogP contribution in [0.3, 0.4) is 0 Å². The van der Waals surface area contributed by atoms with Crippen LogP contribution in [0.25, 0.3) is 11.1 Å². The molecule has 3 heterocycles. The fraction of sp³-hybridized carbons (Fsp3) is 0.233. The Bertz CT molecular complexity index is 1410. The first-order valence-corrected chi connectivity index (χ1v) is 12.5. The fourth-order valence-electron chi connectivity index (χ4n) is 4.76. The van der Waals surface area contributed by atoms with Crippen LogP contribution in [0, 0.1) is 13.8 Å². The Labute approximate surface area is 216 Å². The van der Waals surface area contributed by atoms with Crippen molar-refractivity contribution in [2.24, 2.45) is 0 Å². The number of anilines is 2. The van der Waals surface area contributed by atoms with Crippen LogP contribution in [-0.2, 0) is 17.8 Å². The minimum absolute atomic E-state index is 0.466. The zero-order valence-electron chi connectivity index (χ0n) is 21.1. The Balaban J connectivity index is 1.19. The summed E-state index contributed by atoms with van der Waals surface area (Å²) >= 11 is 0. The molecule has 2 aromatic carbocycles. The SMILES string of the molecule is Cc1cc(C)nc(OCCNc2ccc(NC(=O)C(=O)c3c(-c4ccccc4)cc4n3CCC4)cc2)c1. The van der Waals surface area contributed by atoms with Gasteiger partial charge in [0.15, 0.2) is 0 Å². The third-order valence-electron chi connectivity index (χ3n) is 6.40. The summed E-state index contributed by atoms with van der Waals surface area (Å²) in [7, 11) is 0. The number of amides is 1. The molecule has 0 saturated carbocycles. The van der Waals surface area contributed by atoms with E-state index in [2.05, 4.69) is 15.6 Å². The molecule has 2 aromatic heterocycles. The molecule has 7 heteroatoms. The number of carbonyl (C=O) groups excluding carboxylic acids is 2. The quantitative estimate of drug-likeness (QED) is 0.184. The van der Waals surface area contributed by atoms with E-state index in [1.165, 1.54) is 0 Å². The van der Waals surface area contributed by atoms with Gasteiger partial charge in [-0.15, -0.1) is 0 Å². The molecule has 2 N–H and O–H groups in total. The number of benzene rings is 2. The van der Waals surface area contributed by atoms with E-state index in [-0.39, 0.29) is 0 Å². The Morgan fingerprint density at radius 3 is 2.49 bits per heavy atom. The lowest BCUT2D eigenvalue weighted by Gasteiger charge is -2.11. The van der Waals surface area contributed by atoms with Gasteiger partial charge in [-0.2, -0.15) is 0 Å². The largest absolute Gasteiger partial charge is 0.476 e. The van der Waals surface area contributed by atoms with E-state index in [1.54, 1.807) is 12.1 Å².